The van der Waals surface area contributed by atoms with Crippen LogP contribution in [-0.4, -0.2) is 49.9 Å². The van der Waals surface area contributed by atoms with Gasteiger partial charge in [0.25, 0.3) is 0 Å². The van der Waals surface area contributed by atoms with E-state index in [0.29, 0.717) is 25.6 Å². The molecule has 1 fully saturated rings. The molecule has 7 nitrogen and oxygen atoms in total. The molecule has 0 bridgehead atoms. The lowest BCUT2D eigenvalue weighted by Gasteiger charge is -2.28. The van der Waals surface area contributed by atoms with Gasteiger partial charge in [0, 0.05) is 37.7 Å². The summed E-state index contributed by atoms with van der Waals surface area (Å²) in [6, 6.07) is 6.00. The van der Waals surface area contributed by atoms with E-state index in [2.05, 4.69) is 26.3 Å². The van der Waals surface area contributed by atoms with Gasteiger partial charge in [-0.1, -0.05) is 6.07 Å². The molecule has 3 rings (SSSR count). The summed E-state index contributed by atoms with van der Waals surface area (Å²) in [5.74, 6) is 1.80. The van der Waals surface area contributed by atoms with Crippen molar-refractivity contribution in [1.82, 2.24) is 9.97 Å². The molecular weight excluding hydrogens is 314 g/mol. The first-order valence-corrected chi connectivity index (χ1v) is 8.41. The van der Waals surface area contributed by atoms with Crippen molar-refractivity contribution in [1.29, 1.82) is 0 Å². The summed E-state index contributed by atoms with van der Waals surface area (Å²) >= 11 is 1.68. The number of hydrogen-bond acceptors (Lipinski definition) is 8. The van der Waals surface area contributed by atoms with Gasteiger partial charge < -0.3 is 25.4 Å². The Kier molecular flexibility index (Phi) is 5.27. The summed E-state index contributed by atoms with van der Waals surface area (Å²) in [6.45, 7) is 3.65. The zero-order valence-corrected chi connectivity index (χ0v) is 13.9. The second kappa shape index (κ2) is 7.58. The molecule has 0 saturated carbocycles. The number of nitrogens with two attached hydrogens (primary N) is 1. The molecular formula is C15H21N5O2S. The smallest absolute Gasteiger partial charge is 0.223 e. The highest BCUT2D eigenvalue weighted by molar-refractivity contribution is 7.10. The molecule has 0 spiro atoms. The van der Waals surface area contributed by atoms with E-state index in [9.17, 15) is 0 Å². The molecule has 1 atom stereocenters. The van der Waals surface area contributed by atoms with Crippen LogP contribution in [0.5, 0.6) is 0 Å². The van der Waals surface area contributed by atoms with Crippen molar-refractivity contribution < 1.29 is 9.47 Å². The minimum absolute atomic E-state index is 0.0157. The summed E-state index contributed by atoms with van der Waals surface area (Å²) in [5.41, 5.74) is 5.85. The SMILES string of the molecule is CO[C@@H](CNc1cc(N2CCOCC2)nc(N)n1)c1cccs1. The van der Waals surface area contributed by atoms with Crippen molar-refractivity contribution in [3.8, 4) is 0 Å². The van der Waals surface area contributed by atoms with Gasteiger partial charge in [-0.3, -0.25) is 0 Å². The number of hydrogen-bond donors (Lipinski definition) is 2. The number of morpholine rings is 1. The third-order valence-electron chi connectivity index (χ3n) is 3.68. The molecule has 1 aliphatic rings. The van der Waals surface area contributed by atoms with Gasteiger partial charge in [0.05, 0.1) is 13.2 Å². The first-order valence-electron chi connectivity index (χ1n) is 7.53. The summed E-state index contributed by atoms with van der Waals surface area (Å²) in [5, 5.41) is 5.34. The highest BCUT2D eigenvalue weighted by atomic mass is 32.1. The Labute approximate surface area is 139 Å². The van der Waals surface area contributed by atoms with E-state index in [0.717, 1.165) is 18.9 Å². The van der Waals surface area contributed by atoms with E-state index in [1.165, 1.54) is 4.88 Å². The van der Waals surface area contributed by atoms with Crippen LogP contribution in [0.3, 0.4) is 0 Å². The fraction of sp³-hybridized carbons (Fsp3) is 0.467. The van der Waals surface area contributed by atoms with Gasteiger partial charge in [-0.25, -0.2) is 0 Å². The van der Waals surface area contributed by atoms with Crippen molar-refractivity contribution in [3.05, 3.63) is 28.5 Å². The lowest BCUT2D eigenvalue weighted by Crippen LogP contribution is -2.37. The third-order valence-corrected chi connectivity index (χ3v) is 4.64. The number of nitrogens with one attached hydrogen (secondary N) is 1. The molecule has 124 valence electrons. The molecule has 23 heavy (non-hydrogen) atoms. The number of thiophene rings is 1. The fourth-order valence-corrected chi connectivity index (χ4v) is 3.27. The average molecular weight is 335 g/mol. The number of ether oxygens (including phenoxy) is 2. The van der Waals surface area contributed by atoms with Gasteiger partial charge in [-0.2, -0.15) is 9.97 Å². The van der Waals surface area contributed by atoms with Crippen molar-refractivity contribution in [2.75, 3.05) is 55.9 Å². The number of aromatic nitrogens is 2. The quantitative estimate of drug-likeness (QED) is 0.832. The minimum atomic E-state index is -0.0157. The zero-order chi connectivity index (χ0) is 16.1. The molecule has 0 aliphatic carbocycles. The number of methoxy groups -OCH3 is 1. The highest BCUT2D eigenvalue weighted by Gasteiger charge is 2.16. The van der Waals surface area contributed by atoms with Gasteiger partial charge in [-0.15, -0.1) is 11.3 Å². The van der Waals surface area contributed by atoms with Gasteiger partial charge in [0.15, 0.2) is 0 Å². The van der Waals surface area contributed by atoms with Crippen LogP contribution in [0.25, 0.3) is 0 Å². The van der Waals surface area contributed by atoms with Crippen LogP contribution < -0.4 is 16.0 Å². The van der Waals surface area contributed by atoms with Gasteiger partial charge in [0.2, 0.25) is 5.95 Å². The first-order chi connectivity index (χ1) is 11.3. The van der Waals surface area contributed by atoms with Crippen molar-refractivity contribution in [2.24, 2.45) is 0 Å². The molecule has 0 amide bonds. The summed E-state index contributed by atoms with van der Waals surface area (Å²) in [4.78, 5) is 11.9. The van der Waals surface area contributed by atoms with Crippen LogP contribution >= 0.6 is 11.3 Å². The molecule has 8 heteroatoms. The Hall–Kier alpha value is -1.90. The Bertz CT molecular complexity index is 616. The maximum Gasteiger partial charge on any atom is 0.223 e. The van der Waals surface area contributed by atoms with E-state index in [4.69, 9.17) is 15.2 Å². The molecule has 3 N–H and O–H groups in total. The second-order valence-corrected chi connectivity index (χ2v) is 6.17. The summed E-state index contributed by atoms with van der Waals surface area (Å²) < 4.78 is 10.9. The molecule has 2 aromatic heterocycles. The van der Waals surface area contributed by atoms with Crippen LogP contribution in [-0.2, 0) is 9.47 Å². The van der Waals surface area contributed by atoms with Gasteiger partial charge in [0.1, 0.15) is 17.7 Å². The maximum absolute atomic E-state index is 5.85. The monoisotopic (exact) mass is 335 g/mol. The predicted molar refractivity (Wildman–Crippen MR) is 92.0 cm³/mol. The van der Waals surface area contributed by atoms with Crippen LogP contribution in [0.1, 0.15) is 11.0 Å². The zero-order valence-electron chi connectivity index (χ0n) is 13.1. The van der Waals surface area contributed by atoms with Crippen LogP contribution in [0, 0.1) is 0 Å². The third kappa shape index (κ3) is 4.10. The number of rotatable bonds is 6. The molecule has 1 aliphatic heterocycles. The van der Waals surface area contributed by atoms with E-state index in [1.807, 2.05) is 17.5 Å². The Morgan fingerprint density at radius 2 is 2.26 bits per heavy atom. The van der Waals surface area contributed by atoms with Gasteiger partial charge >= 0.3 is 0 Å². The maximum atomic E-state index is 5.85. The Balaban J connectivity index is 1.68. The first kappa shape index (κ1) is 16.0. The van der Waals surface area contributed by atoms with E-state index >= 15 is 0 Å². The molecule has 0 radical (unpaired) electrons. The lowest BCUT2D eigenvalue weighted by molar-refractivity contribution is 0.117. The topological polar surface area (TPSA) is 85.5 Å². The van der Waals surface area contributed by atoms with Crippen molar-refractivity contribution in [2.45, 2.75) is 6.10 Å². The normalized spacial score (nSPS) is 16.3. The van der Waals surface area contributed by atoms with Gasteiger partial charge in [-0.05, 0) is 11.4 Å². The van der Waals surface area contributed by atoms with Crippen LogP contribution in [0.4, 0.5) is 17.6 Å². The second-order valence-electron chi connectivity index (χ2n) is 5.19. The highest BCUT2D eigenvalue weighted by Crippen LogP contribution is 2.23. The largest absolute Gasteiger partial charge is 0.378 e. The van der Waals surface area contributed by atoms with Crippen LogP contribution in [0.2, 0.25) is 0 Å². The van der Waals surface area contributed by atoms with Crippen LogP contribution in [0.15, 0.2) is 23.6 Å². The lowest BCUT2D eigenvalue weighted by atomic mass is 10.3. The van der Waals surface area contributed by atoms with Crippen molar-refractivity contribution in [3.63, 3.8) is 0 Å². The predicted octanol–water partition coefficient (Wildman–Crippen LogP) is 1.76. The molecule has 0 aromatic carbocycles. The standard InChI is InChI=1S/C15H21N5O2S/c1-21-11(12-3-2-8-23-12)10-17-13-9-14(19-15(16)18-13)20-4-6-22-7-5-20/h2-3,8-9,11H,4-7,10H2,1H3,(H3,16,17,18,19)/t11-/m0/s1. The number of nitrogen functional groups attached to an aromatic ring is 1. The number of nitrogens with zero attached hydrogens (tertiary/aromatic N) is 3. The molecule has 2 aromatic rings. The van der Waals surface area contributed by atoms with E-state index in [1.54, 1.807) is 18.4 Å². The van der Waals surface area contributed by atoms with E-state index in [-0.39, 0.29) is 12.1 Å². The number of anilines is 3. The Morgan fingerprint density at radius 1 is 1.43 bits per heavy atom. The summed E-state index contributed by atoms with van der Waals surface area (Å²) in [7, 11) is 1.71. The summed E-state index contributed by atoms with van der Waals surface area (Å²) in [6.07, 6.45) is -0.0157. The minimum Gasteiger partial charge on any atom is -0.378 e. The van der Waals surface area contributed by atoms with E-state index < -0.39 is 0 Å². The van der Waals surface area contributed by atoms with Crippen molar-refractivity contribution >= 4 is 28.9 Å². The Morgan fingerprint density at radius 3 is 2.96 bits per heavy atom. The molecule has 0 unspecified atom stereocenters. The fourth-order valence-electron chi connectivity index (χ4n) is 2.47. The molecule has 3 heterocycles. The average Bonchev–Trinajstić information content (AvgIpc) is 3.10. The molecule has 1 saturated heterocycles.